The lowest BCUT2D eigenvalue weighted by Gasteiger charge is -2.34. The zero-order valence-electron chi connectivity index (χ0n) is 19.7. The largest absolute Gasteiger partial charge is 0.361 e. The number of nitrogens with two attached hydrogens (primary N) is 1. The van der Waals surface area contributed by atoms with Crippen LogP contribution in [0.5, 0.6) is 0 Å². The minimum absolute atomic E-state index is 0.122. The third-order valence-corrected chi connectivity index (χ3v) is 7.96. The summed E-state index contributed by atoms with van der Waals surface area (Å²) in [6, 6.07) is 13.3. The van der Waals surface area contributed by atoms with E-state index >= 15 is 0 Å². The molecule has 1 saturated carbocycles. The molecule has 3 aromatic rings. The summed E-state index contributed by atoms with van der Waals surface area (Å²) in [5.41, 5.74) is 8.72. The molecule has 1 heterocycles. The summed E-state index contributed by atoms with van der Waals surface area (Å²) in [7, 11) is 0. The Morgan fingerprint density at radius 1 is 1.11 bits per heavy atom. The molecule has 0 radical (unpaired) electrons. The summed E-state index contributed by atoms with van der Waals surface area (Å²) in [6.45, 7) is 0.640. The van der Waals surface area contributed by atoms with E-state index in [1.807, 2.05) is 42.6 Å². The van der Waals surface area contributed by atoms with E-state index in [1.54, 1.807) is 4.90 Å². The van der Waals surface area contributed by atoms with Gasteiger partial charge in [0.2, 0.25) is 11.8 Å². The summed E-state index contributed by atoms with van der Waals surface area (Å²) < 4.78 is 1.65. The highest BCUT2D eigenvalue weighted by molar-refractivity contribution is 9.11. The van der Waals surface area contributed by atoms with Gasteiger partial charge in [0.1, 0.15) is 6.04 Å². The Labute approximate surface area is 223 Å². The normalized spacial score (nSPS) is 15.2. The molecule has 4 rings (SSSR count). The van der Waals surface area contributed by atoms with Crippen molar-refractivity contribution >= 4 is 54.6 Å². The molecule has 0 saturated heterocycles. The van der Waals surface area contributed by atoms with Crippen LogP contribution in [0.25, 0.3) is 10.9 Å². The molecule has 1 unspecified atom stereocenters. The summed E-state index contributed by atoms with van der Waals surface area (Å²) in [6.07, 6.45) is 8.19. The molecule has 0 bridgehead atoms. The van der Waals surface area contributed by atoms with Gasteiger partial charge in [0.05, 0.1) is 0 Å². The quantitative estimate of drug-likeness (QED) is 0.297. The minimum Gasteiger partial charge on any atom is -0.361 e. The van der Waals surface area contributed by atoms with Crippen LogP contribution in [0, 0.1) is 0 Å². The van der Waals surface area contributed by atoms with Crippen molar-refractivity contribution in [3.63, 3.8) is 0 Å². The maximum absolute atomic E-state index is 13.8. The number of nitrogens with one attached hydrogen (secondary N) is 2. The standard InChI is InChI=1S/C27H32Br2N4O2/c28-19-10-11-23(29)22(16-19)26(27(35)32-20-6-2-1-3-7-20)33(25(34)12-14-30)15-13-18-17-31-24-9-5-4-8-21(18)24/h4-5,8-11,16-17,20,26,31H,1-3,6-7,12-15,30H2,(H,32,35). The van der Waals surface area contributed by atoms with E-state index < -0.39 is 6.04 Å². The van der Waals surface area contributed by atoms with Gasteiger partial charge in [-0.15, -0.1) is 0 Å². The number of carbonyl (C=O) groups excluding carboxylic acids is 2. The number of aromatic amines is 1. The molecule has 1 aliphatic carbocycles. The topological polar surface area (TPSA) is 91.2 Å². The summed E-state index contributed by atoms with van der Waals surface area (Å²) in [5, 5.41) is 4.39. The molecule has 8 heteroatoms. The first kappa shape index (κ1) is 25.9. The number of H-pyrrole nitrogens is 1. The van der Waals surface area contributed by atoms with E-state index in [-0.39, 0.29) is 30.8 Å². The van der Waals surface area contributed by atoms with Crippen LogP contribution in [0.2, 0.25) is 0 Å². The lowest BCUT2D eigenvalue weighted by molar-refractivity contribution is -0.141. The smallest absolute Gasteiger partial charge is 0.247 e. The Hall–Kier alpha value is -2.16. The SMILES string of the molecule is NCCC(=O)N(CCc1c[nH]c2ccccc12)C(C(=O)NC1CCCCC1)c1cc(Br)ccc1Br. The van der Waals surface area contributed by atoms with Crippen LogP contribution in [0.1, 0.15) is 55.7 Å². The van der Waals surface area contributed by atoms with Gasteiger partial charge in [0, 0.05) is 51.6 Å². The summed E-state index contributed by atoms with van der Waals surface area (Å²) in [4.78, 5) is 32.2. The molecule has 35 heavy (non-hydrogen) atoms. The van der Waals surface area contributed by atoms with Gasteiger partial charge in [-0.25, -0.2) is 0 Å². The van der Waals surface area contributed by atoms with Crippen molar-refractivity contribution < 1.29 is 9.59 Å². The second-order valence-corrected chi connectivity index (χ2v) is 10.9. The Morgan fingerprint density at radius 3 is 2.66 bits per heavy atom. The van der Waals surface area contributed by atoms with Crippen LogP contribution >= 0.6 is 31.9 Å². The number of halogens is 2. The monoisotopic (exact) mass is 602 g/mol. The van der Waals surface area contributed by atoms with Gasteiger partial charge in [-0.3, -0.25) is 9.59 Å². The number of carbonyl (C=O) groups is 2. The Bertz CT molecular complexity index is 1170. The summed E-state index contributed by atoms with van der Waals surface area (Å²) in [5.74, 6) is -0.261. The van der Waals surface area contributed by atoms with E-state index in [4.69, 9.17) is 5.73 Å². The highest BCUT2D eigenvalue weighted by Gasteiger charge is 2.34. The Balaban J connectivity index is 1.67. The molecule has 2 aromatic carbocycles. The zero-order chi connectivity index (χ0) is 24.8. The number of aromatic nitrogens is 1. The van der Waals surface area contributed by atoms with Crippen LogP contribution in [-0.2, 0) is 16.0 Å². The lowest BCUT2D eigenvalue weighted by Crippen LogP contribution is -2.48. The minimum atomic E-state index is -0.756. The molecule has 0 aliphatic heterocycles. The van der Waals surface area contributed by atoms with Crippen molar-refractivity contribution in [3.05, 3.63) is 68.7 Å². The molecule has 4 N–H and O–H groups in total. The maximum Gasteiger partial charge on any atom is 0.247 e. The number of fused-ring (bicyclic) bond motifs is 1. The number of rotatable bonds is 9. The fraction of sp³-hybridized carbons (Fsp3) is 0.407. The molecule has 2 amide bonds. The van der Waals surface area contributed by atoms with E-state index in [2.05, 4.69) is 48.2 Å². The molecule has 6 nitrogen and oxygen atoms in total. The summed E-state index contributed by atoms with van der Waals surface area (Å²) >= 11 is 7.18. The third-order valence-electron chi connectivity index (χ3n) is 6.74. The third kappa shape index (κ3) is 6.35. The van der Waals surface area contributed by atoms with Gasteiger partial charge in [-0.2, -0.15) is 0 Å². The van der Waals surface area contributed by atoms with Crippen LogP contribution in [0.3, 0.4) is 0 Å². The molecular weight excluding hydrogens is 572 g/mol. The van der Waals surface area contributed by atoms with Crippen molar-refractivity contribution in [2.24, 2.45) is 5.73 Å². The average molecular weight is 604 g/mol. The number of nitrogens with zero attached hydrogens (tertiary/aromatic N) is 1. The van der Waals surface area contributed by atoms with Gasteiger partial charge in [0.15, 0.2) is 0 Å². The fourth-order valence-electron chi connectivity index (χ4n) is 4.95. The van der Waals surface area contributed by atoms with E-state index in [0.29, 0.717) is 13.0 Å². The van der Waals surface area contributed by atoms with Crippen LogP contribution in [0.15, 0.2) is 57.6 Å². The van der Waals surface area contributed by atoms with E-state index in [1.165, 1.54) is 6.42 Å². The molecule has 1 aliphatic rings. The van der Waals surface area contributed by atoms with Crippen molar-refractivity contribution in [2.45, 2.75) is 57.0 Å². The molecule has 186 valence electrons. The van der Waals surface area contributed by atoms with Crippen molar-refractivity contribution in [1.82, 2.24) is 15.2 Å². The van der Waals surface area contributed by atoms with Gasteiger partial charge in [0.25, 0.3) is 0 Å². The highest BCUT2D eigenvalue weighted by atomic mass is 79.9. The molecular formula is C27H32Br2N4O2. The number of amides is 2. The van der Waals surface area contributed by atoms with E-state index in [9.17, 15) is 9.59 Å². The predicted octanol–water partition coefficient (Wildman–Crippen LogP) is 5.60. The number of para-hydroxylation sites is 1. The number of benzene rings is 2. The Kier molecular flexibility index (Phi) is 9.03. The second-order valence-electron chi connectivity index (χ2n) is 9.15. The number of hydrogen-bond acceptors (Lipinski definition) is 3. The first-order valence-electron chi connectivity index (χ1n) is 12.3. The van der Waals surface area contributed by atoms with Crippen LogP contribution in [0.4, 0.5) is 0 Å². The molecule has 0 spiro atoms. The van der Waals surface area contributed by atoms with Gasteiger partial charge >= 0.3 is 0 Å². The van der Waals surface area contributed by atoms with Crippen LogP contribution in [-0.4, -0.2) is 40.8 Å². The van der Waals surface area contributed by atoms with Crippen LogP contribution < -0.4 is 11.1 Å². The highest BCUT2D eigenvalue weighted by Crippen LogP contribution is 2.33. The van der Waals surface area contributed by atoms with Crippen molar-refractivity contribution in [2.75, 3.05) is 13.1 Å². The van der Waals surface area contributed by atoms with Crippen molar-refractivity contribution in [1.29, 1.82) is 0 Å². The zero-order valence-corrected chi connectivity index (χ0v) is 22.9. The average Bonchev–Trinajstić information content (AvgIpc) is 3.27. The number of hydrogen-bond donors (Lipinski definition) is 3. The molecule has 1 aromatic heterocycles. The molecule has 1 fully saturated rings. The van der Waals surface area contributed by atoms with E-state index in [0.717, 1.165) is 56.7 Å². The van der Waals surface area contributed by atoms with Gasteiger partial charge in [-0.05, 0) is 54.7 Å². The van der Waals surface area contributed by atoms with Gasteiger partial charge < -0.3 is 20.9 Å². The predicted molar refractivity (Wildman–Crippen MR) is 147 cm³/mol. The molecule has 1 atom stereocenters. The van der Waals surface area contributed by atoms with Crippen molar-refractivity contribution in [3.8, 4) is 0 Å². The Morgan fingerprint density at radius 2 is 1.89 bits per heavy atom. The van der Waals surface area contributed by atoms with Gasteiger partial charge in [-0.1, -0.05) is 69.3 Å². The fourth-order valence-corrected chi connectivity index (χ4v) is 5.79. The maximum atomic E-state index is 13.8. The second kappa shape index (κ2) is 12.2. The first-order valence-corrected chi connectivity index (χ1v) is 13.9. The first-order chi connectivity index (χ1) is 17.0. The lowest BCUT2D eigenvalue weighted by atomic mass is 9.94.